The number of amides is 2. The highest BCUT2D eigenvalue weighted by molar-refractivity contribution is 14.1. The van der Waals surface area contributed by atoms with E-state index in [9.17, 15) is 9.59 Å². The maximum absolute atomic E-state index is 12.7. The molecule has 8 heteroatoms. The first kappa shape index (κ1) is 20.7. The molecule has 23 heavy (non-hydrogen) atoms. The topological polar surface area (TPSA) is 75.4 Å². The summed E-state index contributed by atoms with van der Waals surface area (Å²) >= 11 is 6.11. The minimum atomic E-state index is -0.276. The van der Waals surface area contributed by atoms with Crippen LogP contribution in [0.4, 0.5) is 5.69 Å². The lowest BCUT2D eigenvalue weighted by atomic mass is 10.1. The van der Waals surface area contributed by atoms with Gasteiger partial charge in [-0.15, -0.1) is 13.2 Å². The van der Waals surface area contributed by atoms with Crippen LogP contribution in [0.15, 0.2) is 25.3 Å². The molecule has 1 aromatic carbocycles. The van der Waals surface area contributed by atoms with Crippen LogP contribution in [0.5, 0.6) is 0 Å². The fourth-order valence-corrected chi connectivity index (χ4v) is 5.91. The summed E-state index contributed by atoms with van der Waals surface area (Å²) in [6.07, 6.45) is 3.24. The Kier molecular flexibility index (Phi) is 8.27. The van der Waals surface area contributed by atoms with Gasteiger partial charge in [-0.3, -0.25) is 9.59 Å². The zero-order chi connectivity index (χ0) is 17.7. The number of likely N-dealkylation sites (N-methyl/N-ethyl adjacent to an activating group) is 1. The van der Waals surface area contributed by atoms with E-state index in [1.807, 2.05) is 67.8 Å². The fraction of sp³-hybridized carbons (Fsp3) is 0.200. The van der Waals surface area contributed by atoms with Gasteiger partial charge in [0.25, 0.3) is 11.8 Å². The molecule has 124 valence electrons. The van der Waals surface area contributed by atoms with E-state index in [1.165, 1.54) is 4.90 Å². The molecule has 0 spiro atoms. The van der Waals surface area contributed by atoms with Crippen LogP contribution in [0.3, 0.4) is 0 Å². The molecule has 0 aliphatic carbocycles. The van der Waals surface area contributed by atoms with E-state index in [0.29, 0.717) is 40.6 Å². The van der Waals surface area contributed by atoms with Crippen LogP contribution < -0.4 is 11.1 Å². The lowest BCUT2D eigenvalue weighted by Crippen LogP contribution is -2.31. The van der Waals surface area contributed by atoms with Gasteiger partial charge in [0.05, 0.1) is 24.0 Å². The molecule has 0 fully saturated rings. The van der Waals surface area contributed by atoms with E-state index in [0.717, 1.165) is 0 Å². The van der Waals surface area contributed by atoms with Crippen molar-refractivity contribution in [2.75, 3.05) is 25.9 Å². The maximum atomic E-state index is 12.7. The fourth-order valence-electron chi connectivity index (χ4n) is 1.79. The summed E-state index contributed by atoms with van der Waals surface area (Å²) in [5.74, 6) is -0.471. The molecule has 0 aliphatic rings. The van der Waals surface area contributed by atoms with Crippen molar-refractivity contribution in [3.05, 3.63) is 47.1 Å². The Balaban J connectivity index is 3.51. The number of carbonyl (C=O) groups excluding carboxylic acids is 2. The molecule has 5 nitrogen and oxygen atoms in total. The standard InChI is InChI=1S/C15H16I3N3O2/c1-4-6-20-14(22)8-10(16)9(12(18)13(19)11(8)17)15(23)21(3)7-5-2/h4-5H,1-2,6-7,19H2,3H3,(H,20,22). The third kappa shape index (κ3) is 4.59. The lowest BCUT2D eigenvalue weighted by Gasteiger charge is -2.20. The minimum absolute atomic E-state index is 0.195. The minimum Gasteiger partial charge on any atom is -0.397 e. The number of carbonyl (C=O) groups is 2. The zero-order valence-electron chi connectivity index (χ0n) is 12.5. The van der Waals surface area contributed by atoms with E-state index >= 15 is 0 Å². The monoisotopic (exact) mass is 651 g/mol. The number of rotatable bonds is 6. The smallest absolute Gasteiger partial charge is 0.256 e. The highest BCUT2D eigenvalue weighted by Gasteiger charge is 2.27. The normalized spacial score (nSPS) is 10.1. The number of hydrogen-bond acceptors (Lipinski definition) is 3. The van der Waals surface area contributed by atoms with Crippen molar-refractivity contribution >= 4 is 85.3 Å². The van der Waals surface area contributed by atoms with E-state index in [4.69, 9.17) is 5.73 Å². The molecule has 1 rings (SSSR count). The van der Waals surface area contributed by atoms with Crippen LogP contribution in [-0.4, -0.2) is 36.9 Å². The second-order valence-electron chi connectivity index (χ2n) is 4.58. The van der Waals surface area contributed by atoms with Crippen LogP contribution >= 0.6 is 67.8 Å². The largest absolute Gasteiger partial charge is 0.397 e. The van der Waals surface area contributed by atoms with E-state index in [2.05, 4.69) is 18.5 Å². The zero-order valence-corrected chi connectivity index (χ0v) is 18.9. The van der Waals surface area contributed by atoms with Gasteiger partial charge in [-0.05, 0) is 67.8 Å². The van der Waals surface area contributed by atoms with Gasteiger partial charge in [0, 0.05) is 23.7 Å². The third-order valence-corrected chi connectivity index (χ3v) is 6.27. The second kappa shape index (κ2) is 9.20. The summed E-state index contributed by atoms with van der Waals surface area (Å²) in [6.45, 7) is 7.97. The first-order chi connectivity index (χ1) is 10.8. The number of nitrogens with two attached hydrogens (primary N) is 1. The van der Waals surface area contributed by atoms with Crippen molar-refractivity contribution in [2.24, 2.45) is 0 Å². The Morgan fingerprint density at radius 3 is 2.22 bits per heavy atom. The van der Waals surface area contributed by atoms with Crippen LogP contribution in [0.25, 0.3) is 0 Å². The number of hydrogen-bond donors (Lipinski definition) is 2. The molecule has 0 unspecified atom stereocenters. The second-order valence-corrected chi connectivity index (χ2v) is 7.81. The summed E-state index contributed by atoms with van der Waals surface area (Å²) in [4.78, 5) is 26.6. The first-order valence-electron chi connectivity index (χ1n) is 6.49. The van der Waals surface area contributed by atoms with Crippen LogP contribution in [0.2, 0.25) is 0 Å². The SMILES string of the molecule is C=CCNC(=O)c1c(I)c(N)c(I)c(C(=O)N(C)CC=C)c1I. The quantitative estimate of drug-likeness (QED) is 0.282. The first-order valence-corrected chi connectivity index (χ1v) is 9.72. The Hall–Kier alpha value is -0.370. The van der Waals surface area contributed by atoms with Crippen molar-refractivity contribution < 1.29 is 9.59 Å². The average molecular weight is 651 g/mol. The molecular weight excluding hydrogens is 635 g/mol. The lowest BCUT2D eigenvalue weighted by molar-refractivity contribution is 0.0808. The Morgan fingerprint density at radius 2 is 1.70 bits per heavy atom. The molecule has 3 N–H and O–H groups in total. The van der Waals surface area contributed by atoms with Gasteiger partial charge in [-0.1, -0.05) is 12.2 Å². The molecule has 0 aromatic heterocycles. The van der Waals surface area contributed by atoms with Gasteiger partial charge in [0.1, 0.15) is 0 Å². The van der Waals surface area contributed by atoms with Gasteiger partial charge in [-0.25, -0.2) is 0 Å². The number of nitrogens with zero attached hydrogens (tertiary/aromatic N) is 1. The molecule has 0 atom stereocenters. The maximum Gasteiger partial charge on any atom is 0.256 e. The Labute approximate surface area is 176 Å². The molecule has 0 bridgehead atoms. The molecule has 0 radical (unpaired) electrons. The Bertz CT molecular complexity index is 675. The summed E-state index contributed by atoms with van der Waals surface area (Å²) in [6, 6.07) is 0. The summed E-state index contributed by atoms with van der Waals surface area (Å²) in [5.41, 5.74) is 7.42. The number of nitrogens with one attached hydrogen (secondary N) is 1. The third-order valence-electron chi connectivity index (χ3n) is 2.95. The van der Waals surface area contributed by atoms with Crippen molar-refractivity contribution in [2.45, 2.75) is 0 Å². The Morgan fingerprint density at radius 1 is 1.13 bits per heavy atom. The number of benzene rings is 1. The van der Waals surface area contributed by atoms with Gasteiger partial charge >= 0.3 is 0 Å². The highest BCUT2D eigenvalue weighted by Crippen LogP contribution is 2.34. The summed E-state index contributed by atoms with van der Waals surface area (Å²) in [7, 11) is 1.68. The highest BCUT2D eigenvalue weighted by atomic mass is 127. The summed E-state index contributed by atoms with van der Waals surface area (Å²) in [5, 5.41) is 2.73. The van der Waals surface area contributed by atoms with Crippen molar-refractivity contribution in [1.29, 1.82) is 0 Å². The van der Waals surface area contributed by atoms with Crippen LogP contribution in [0.1, 0.15) is 20.7 Å². The molecule has 2 amide bonds. The predicted octanol–water partition coefficient (Wildman–Crippen LogP) is 3.26. The number of halogens is 3. The molecule has 1 aromatic rings. The van der Waals surface area contributed by atoms with E-state index < -0.39 is 0 Å². The van der Waals surface area contributed by atoms with Crippen molar-refractivity contribution in [3.63, 3.8) is 0 Å². The van der Waals surface area contributed by atoms with E-state index in [-0.39, 0.29) is 11.8 Å². The molecular formula is C15H16I3N3O2. The number of nitrogen functional groups attached to an aromatic ring is 1. The average Bonchev–Trinajstić information content (AvgIpc) is 2.51. The van der Waals surface area contributed by atoms with Gasteiger partial charge in [0.2, 0.25) is 0 Å². The summed E-state index contributed by atoms with van der Waals surface area (Å²) < 4.78 is 1.88. The molecule has 0 saturated carbocycles. The van der Waals surface area contributed by atoms with Gasteiger partial charge in [0.15, 0.2) is 0 Å². The molecule has 0 aliphatic heterocycles. The molecule has 0 saturated heterocycles. The van der Waals surface area contributed by atoms with Crippen molar-refractivity contribution in [3.8, 4) is 0 Å². The van der Waals surface area contributed by atoms with Gasteiger partial charge < -0.3 is 16.0 Å². The van der Waals surface area contributed by atoms with Crippen molar-refractivity contribution in [1.82, 2.24) is 10.2 Å². The van der Waals surface area contributed by atoms with Crippen LogP contribution in [0, 0.1) is 10.7 Å². The molecule has 0 heterocycles. The number of anilines is 1. The van der Waals surface area contributed by atoms with E-state index in [1.54, 1.807) is 19.2 Å². The predicted molar refractivity (Wildman–Crippen MR) is 119 cm³/mol. The van der Waals surface area contributed by atoms with Gasteiger partial charge in [-0.2, -0.15) is 0 Å². The van der Waals surface area contributed by atoms with Crippen LogP contribution in [-0.2, 0) is 0 Å².